The van der Waals surface area contributed by atoms with Gasteiger partial charge in [0.2, 0.25) is 0 Å². The summed E-state index contributed by atoms with van der Waals surface area (Å²) >= 11 is 0. The van der Waals surface area contributed by atoms with Crippen LogP contribution in [0.25, 0.3) is 11.4 Å². The van der Waals surface area contributed by atoms with Gasteiger partial charge in [-0.25, -0.2) is 0 Å². The molecule has 0 radical (unpaired) electrons. The summed E-state index contributed by atoms with van der Waals surface area (Å²) in [6.07, 6.45) is 1.77. The van der Waals surface area contributed by atoms with Gasteiger partial charge >= 0.3 is 0 Å². The number of hydrogen-bond acceptors (Lipinski definition) is 5. The Morgan fingerprint density at radius 1 is 1.26 bits per heavy atom. The molecule has 0 aromatic carbocycles. The average molecular weight is 261 g/mol. The van der Waals surface area contributed by atoms with E-state index in [0.717, 1.165) is 17.2 Å². The van der Waals surface area contributed by atoms with E-state index in [2.05, 4.69) is 29.1 Å². The van der Waals surface area contributed by atoms with Crippen LogP contribution in [0.4, 0.5) is 5.82 Å². The van der Waals surface area contributed by atoms with Crippen LogP contribution in [0.1, 0.15) is 19.9 Å². The fraction of sp³-hybridized carbons (Fsp3) is 0.462. The molecule has 0 fully saturated rings. The van der Waals surface area contributed by atoms with Crippen LogP contribution in [0, 0.1) is 0 Å². The van der Waals surface area contributed by atoms with Crippen molar-refractivity contribution in [2.75, 3.05) is 25.1 Å². The lowest BCUT2D eigenvalue weighted by Gasteiger charge is -2.16. The average Bonchev–Trinajstić information content (AvgIpc) is 2.88. The normalized spacial score (nSPS) is 11.0. The molecule has 0 aliphatic carbocycles. The van der Waals surface area contributed by atoms with Crippen LogP contribution < -0.4 is 4.90 Å². The Bertz CT molecular complexity index is 520. The minimum atomic E-state index is 0.0973. The van der Waals surface area contributed by atoms with E-state index in [9.17, 15) is 0 Å². The van der Waals surface area contributed by atoms with Gasteiger partial charge in [-0.05, 0) is 32.0 Å². The summed E-state index contributed by atoms with van der Waals surface area (Å²) in [6, 6.07) is 6.03. The molecule has 0 bridgehead atoms. The quantitative estimate of drug-likeness (QED) is 0.880. The van der Waals surface area contributed by atoms with Crippen molar-refractivity contribution in [2.45, 2.75) is 19.9 Å². The number of likely N-dealkylation sites (N-methyl/N-ethyl adjacent to an activating group) is 1. The highest BCUT2D eigenvalue weighted by molar-refractivity contribution is 5.55. The predicted molar refractivity (Wildman–Crippen MR) is 74.0 cm³/mol. The van der Waals surface area contributed by atoms with E-state index in [0.29, 0.717) is 6.54 Å². The third kappa shape index (κ3) is 2.90. The van der Waals surface area contributed by atoms with Gasteiger partial charge in [-0.1, -0.05) is 0 Å². The summed E-state index contributed by atoms with van der Waals surface area (Å²) < 4.78 is 1.92. The third-order valence-electron chi connectivity index (χ3n) is 2.90. The highest BCUT2D eigenvalue weighted by atomic mass is 16.3. The second kappa shape index (κ2) is 5.79. The zero-order valence-electron chi connectivity index (χ0n) is 11.5. The lowest BCUT2D eigenvalue weighted by atomic mass is 10.2. The number of anilines is 1. The van der Waals surface area contributed by atoms with E-state index in [-0.39, 0.29) is 12.6 Å². The smallest absolute Gasteiger partial charge is 0.151 e. The molecule has 1 N–H and O–H groups in total. The summed E-state index contributed by atoms with van der Waals surface area (Å²) in [5.74, 6) is 0.744. The molecule has 19 heavy (non-hydrogen) atoms. The summed E-state index contributed by atoms with van der Waals surface area (Å²) in [4.78, 5) is 1.86. The lowest BCUT2D eigenvalue weighted by molar-refractivity contribution is 0.303. The molecular formula is C13H19N5O. The number of nitrogens with zero attached hydrogens (tertiary/aromatic N) is 5. The van der Waals surface area contributed by atoms with Gasteiger partial charge < -0.3 is 10.0 Å². The Morgan fingerprint density at radius 3 is 2.63 bits per heavy atom. The molecule has 0 aliphatic heterocycles. The maximum atomic E-state index is 8.90. The predicted octanol–water partition coefficient (Wildman–Crippen LogP) is 1.35. The Kier molecular flexibility index (Phi) is 4.11. The standard InChI is InChI=1S/C13H19N5O/c1-10(2)18-12(6-7-14-18)11-4-5-13(16-15-11)17(3)8-9-19/h4-7,10,19H,8-9H2,1-3H3. The minimum absolute atomic E-state index is 0.0973. The third-order valence-corrected chi connectivity index (χ3v) is 2.90. The van der Waals surface area contributed by atoms with Crippen LogP contribution in [0.15, 0.2) is 24.4 Å². The first-order valence-electron chi connectivity index (χ1n) is 6.33. The molecule has 0 spiro atoms. The molecule has 2 rings (SSSR count). The Morgan fingerprint density at radius 2 is 2.05 bits per heavy atom. The molecule has 2 aromatic rings. The monoisotopic (exact) mass is 261 g/mol. The first-order chi connectivity index (χ1) is 9.13. The van der Waals surface area contributed by atoms with Crippen LogP contribution in [0.3, 0.4) is 0 Å². The fourth-order valence-corrected chi connectivity index (χ4v) is 1.86. The fourth-order valence-electron chi connectivity index (χ4n) is 1.86. The van der Waals surface area contributed by atoms with Gasteiger partial charge in [0.05, 0.1) is 12.3 Å². The van der Waals surface area contributed by atoms with Crippen molar-refractivity contribution >= 4 is 5.82 Å². The van der Waals surface area contributed by atoms with Gasteiger partial charge in [0.15, 0.2) is 5.82 Å². The highest BCUT2D eigenvalue weighted by Crippen LogP contribution is 2.20. The van der Waals surface area contributed by atoms with Crippen molar-refractivity contribution in [3.8, 4) is 11.4 Å². The summed E-state index contributed by atoms with van der Waals surface area (Å²) in [7, 11) is 1.87. The molecule has 6 heteroatoms. The number of aliphatic hydroxyl groups excluding tert-OH is 1. The van der Waals surface area contributed by atoms with Crippen LogP contribution in [-0.2, 0) is 0 Å². The number of aliphatic hydroxyl groups is 1. The van der Waals surface area contributed by atoms with Gasteiger partial charge in [0, 0.05) is 25.8 Å². The van der Waals surface area contributed by atoms with E-state index in [4.69, 9.17) is 5.11 Å². The van der Waals surface area contributed by atoms with Crippen LogP contribution in [-0.4, -0.2) is 45.3 Å². The molecule has 0 unspecified atom stereocenters. The van der Waals surface area contributed by atoms with Crippen LogP contribution >= 0.6 is 0 Å². The SMILES string of the molecule is CC(C)n1nccc1-c1ccc(N(C)CCO)nn1. The molecule has 6 nitrogen and oxygen atoms in total. The first-order valence-corrected chi connectivity index (χ1v) is 6.33. The van der Waals surface area contributed by atoms with Gasteiger partial charge in [0.25, 0.3) is 0 Å². The van der Waals surface area contributed by atoms with E-state index in [1.165, 1.54) is 0 Å². The van der Waals surface area contributed by atoms with Crippen molar-refractivity contribution < 1.29 is 5.11 Å². The Labute approximate surface area is 112 Å². The van der Waals surface area contributed by atoms with E-state index in [1.807, 2.05) is 34.8 Å². The minimum Gasteiger partial charge on any atom is -0.395 e. The zero-order chi connectivity index (χ0) is 13.8. The second-order valence-corrected chi connectivity index (χ2v) is 4.68. The van der Waals surface area contributed by atoms with Crippen molar-refractivity contribution in [1.82, 2.24) is 20.0 Å². The molecule has 2 aromatic heterocycles. The molecule has 0 aliphatic rings. The second-order valence-electron chi connectivity index (χ2n) is 4.68. The van der Waals surface area contributed by atoms with Crippen LogP contribution in [0.2, 0.25) is 0 Å². The molecule has 0 atom stereocenters. The largest absolute Gasteiger partial charge is 0.395 e. The van der Waals surface area contributed by atoms with E-state index < -0.39 is 0 Å². The van der Waals surface area contributed by atoms with E-state index >= 15 is 0 Å². The molecule has 0 amide bonds. The number of hydrogen-bond donors (Lipinski definition) is 1. The zero-order valence-corrected chi connectivity index (χ0v) is 11.5. The molecular weight excluding hydrogens is 242 g/mol. The van der Waals surface area contributed by atoms with Gasteiger partial charge in [-0.2, -0.15) is 5.10 Å². The van der Waals surface area contributed by atoms with Crippen molar-refractivity contribution in [3.63, 3.8) is 0 Å². The Balaban J connectivity index is 2.25. The Hall–Kier alpha value is -1.95. The highest BCUT2D eigenvalue weighted by Gasteiger charge is 2.10. The van der Waals surface area contributed by atoms with Gasteiger partial charge in [-0.3, -0.25) is 4.68 Å². The van der Waals surface area contributed by atoms with E-state index in [1.54, 1.807) is 6.20 Å². The first kappa shape index (κ1) is 13.5. The summed E-state index contributed by atoms with van der Waals surface area (Å²) in [5.41, 5.74) is 1.76. The number of aromatic nitrogens is 4. The van der Waals surface area contributed by atoms with Crippen molar-refractivity contribution in [1.29, 1.82) is 0 Å². The maximum absolute atomic E-state index is 8.90. The molecule has 102 valence electrons. The molecule has 0 saturated carbocycles. The van der Waals surface area contributed by atoms with Crippen molar-refractivity contribution in [2.24, 2.45) is 0 Å². The number of rotatable bonds is 5. The molecule has 0 saturated heterocycles. The summed E-state index contributed by atoms with van der Waals surface area (Å²) in [5, 5.41) is 21.6. The van der Waals surface area contributed by atoms with Crippen LogP contribution in [0.5, 0.6) is 0 Å². The maximum Gasteiger partial charge on any atom is 0.151 e. The van der Waals surface area contributed by atoms with Gasteiger partial charge in [-0.15, -0.1) is 10.2 Å². The lowest BCUT2D eigenvalue weighted by Crippen LogP contribution is -2.22. The van der Waals surface area contributed by atoms with Crippen molar-refractivity contribution in [3.05, 3.63) is 24.4 Å². The topological polar surface area (TPSA) is 67.1 Å². The summed E-state index contributed by atoms with van der Waals surface area (Å²) in [6.45, 7) is 4.79. The molecule has 2 heterocycles. The van der Waals surface area contributed by atoms with Gasteiger partial charge in [0.1, 0.15) is 5.69 Å².